The highest BCUT2D eigenvalue weighted by Crippen LogP contribution is 2.40. The van der Waals surface area contributed by atoms with Crippen molar-refractivity contribution in [2.45, 2.75) is 6.92 Å². The molecule has 5 nitrogen and oxygen atoms in total. The second-order valence-corrected chi connectivity index (χ2v) is 12.4. The van der Waals surface area contributed by atoms with Crippen LogP contribution in [0.15, 0.2) is 170 Å². The maximum atomic E-state index is 5.36. The topological polar surface area (TPSA) is 56.5 Å². The highest BCUT2D eigenvalue weighted by atomic mass is 15.1. The molecule has 236 valence electrons. The third kappa shape index (κ3) is 5.31. The van der Waals surface area contributed by atoms with Gasteiger partial charge in [-0.25, -0.2) is 19.9 Å². The lowest BCUT2D eigenvalue weighted by atomic mass is 10.00. The summed E-state index contributed by atoms with van der Waals surface area (Å²) in [6, 6.07) is 58.4. The second-order valence-electron chi connectivity index (χ2n) is 12.4. The average molecular weight is 642 g/mol. The molecule has 5 heteroatoms. The molecule has 9 rings (SSSR count). The monoisotopic (exact) mass is 641 g/mol. The molecule has 0 radical (unpaired) electrons. The maximum absolute atomic E-state index is 5.36. The van der Waals surface area contributed by atoms with Crippen molar-refractivity contribution in [1.29, 1.82) is 0 Å². The molecule has 0 aliphatic rings. The number of aromatic nitrogens is 5. The van der Waals surface area contributed by atoms with E-state index in [9.17, 15) is 0 Å². The Morgan fingerprint density at radius 1 is 0.420 bits per heavy atom. The van der Waals surface area contributed by atoms with Gasteiger partial charge in [0.1, 0.15) is 5.82 Å². The van der Waals surface area contributed by atoms with Crippen molar-refractivity contribution >= 4 is 21.9 Å². The molecule has 9 aromatic rings. The van der Waals surface area contributed by atoms with Crippen LogP contribution in [0, 0.1) is 6.92 Å². The van der Waals surface area contributed by atoms with Crippen LogP contribution in [0.25, 0.3) is 84.2 Å². The zero-order chi connectivity index (χ0) is 33.4. The van der Waals surface area contributed by atoms with E-state index in [0.29, 0.717) is 11.6 Å². The van der Waals surface area contributed by atoms with Crippen LogP contribution in [0.5, 0.6) is 0 Å². The van der Waals surface area contributed by atoms with Crippen molar-refractivity contribution in [3.63, 3.8) is 0 Å². The van der Waals surface area contributed by atoms with Crippen LogP contribution in [0.1, 0.15) is 5.56 Å². The van der Waals surface area contributed by atoms with E-state index in [2.05, 4.69) is 121 Å². The minimum absolute atomic E-state index is 0.647. The zero-order valence-electron chi connectivity index (χ0n) is 27.4. The smallest absolute Gasteiger partial charge is 0.162 e. The molecule has 0 unspecified atom stereocenters. The van der Waals surface area contributed by atoms with Gasteiger partial charge in [0, 0.05) is 33.7 Å². The lowest BCUT2D eigenvalue weighted by molar-refractivity contribution is 1.03. The maximum Gasteiger partial charge on any atom is 0.162 e. The van der Waals surface area contributed by atoms with Crippen LogP contribution in [0.2, 0.25) is 0 Å². The quantitative estimate of drug-likeness (QED) is 0.181. The fraction of sp³-hybridized carbons (Fsp3) is 0.0222. The fourth-order valence-corrected chi connectivity index (χ4v) is 6.68. The minimum Gasteiger partial charge on any atom is -0.278 e. The van der Waals surface area contributed by atoms with Crippen LogP contribution >= 0.6 is 0 Å². The van der Waals surface area contributed by atoms with E-state index in [1.807, 2.05) is 60.7 Å². The number of benzene rings is 6. The van der Waals surface area contributed by atoms with E-state index in [1.54, 1.807) is 0 Å². The molecule has 0 saturated heterocycles. The van der Waals surface area contributed by atoms with Gasteiger partial charge in [-0.3, -0.25) is 4.57 Å². The Kier molecular flexibility index (Phi) is 7.29. The molecule has 0 amide bonds. The predicted octanol–water partition coefficient (Wildman–Crippen LogP) is 11.0. The summed E-state index contributed by atoms with van der Waals surface area (Å²) in [7, 11) is 0. The van der Waals surface area contributed by atoms with E-state index in [4.69, 9.17) is 19.9 Å². The van der Waals surface area contributed by atoms with Gasteiger partial charge in [0.15, 0.2) is 17.3 Å². The summed E-state index contributed by atoms with van der Waals surface area (Å²) in [6.07, 6.45) is 0. The zero-order valence-corrected chi connectivity index (χ0v) is 27.4. The van der Waals surface area contributed by atoms with Gasteiger partial charge in [-0.2, -0.15) is 0 Å². The van der Waals surface area contributed by atoms with Crippen molar-refractivity contribution in [3.8, 4) is 62.2 Å². The highest BCUT2D eigenvalue weighted by Gasteiger charge is 2.23. The number of nitrogens with zero attached hydrogens (tertiary/aromatic N) is 5. The number of aryl methyl sites for hydroxylation is 1. The van der Waals surface area contributed by atoms with Crippen molar-refractivity contribution in [2.24, 2.45) is 0 Å². The molecular weight excluding hydrogens is 611 g/mol. The molecule has 0 saturated carbocycles. The largest absolute Gasteiger partial charge is 0.278 e. The molecule has 3 heterocycles. The number of fused-ring (bicyclic) bond motifs is 3. The minimum atomic E-state index is 0.647. The highest BCUT2D eigenvalue weighted by molar-refractivity contribution is 6.15. The molecule has 6 aromatic carbocycles. The molecule has 0 fully saturated rings. The van der Waals surface area contributed by atoms with Crippen LogP contribution in [0.3, 0.4) is 0 Å². The van der Waals surface area contributed by atoms with Crippen LogP contribution in [0.4, 0.5) is 0 Å². The first-order chi connectivity index (χ1) is 24.7. The standard InChI is InChI=1S/C45H31N5/c1-30-15-14-24-35(27-30)36-25-26-39-37(28-36)41-42(32-18-8-3-9-19-32)48-44(34-22-12-5-13-23-34)49-45(41)50(39)40-29-38(31-16-6-2-7-17-31)46-43(47-40)33-20-10-4-11-21-33/h2-29H,1H3. The third-order valence-electron chi connectivity index (χ3n) is 9.08. The molecule has 0 aliphatic heterocycles. The van der Waals surface area contributed by atoms with E-state index in [0.717, 1.165) is 72.5 Å². The van der Waals surface area contributed by atoms with E-state index in [1.165, 1.54) is 5.56 Å². The molecule has 0 atom stereocenters. The Hall–Kier alpha value is -6.72. The lowest BCUT2D eigenvalue weighted by Gasteiger charge is -2.13. The summed E-state index contributed by atoms with van der Waals surface area (Å²) < 4.78 is 2.19. The molecule has 0 spiro atoms. The van der Waals surface area contributed by atoms with Gasteiger partial charge in [-0.15, -0.1) is 0 Å². The van der Waals surface area contributed by atoms with Gasteiger partial charge < -0.3 is 0 Å². The summed E-state index contributed by atoms with van der Waals surface area (Å²) in [5.74, 6) is 2.03. The Morgan fingerprint density at radius 2 is 0.980 bits per heavy atom. The average Bonchev–Trinajstić information content (AvgIpc) is 3.52. The first kappa shape index (κ1) is 29.4. The Balaban J connectivity index is 1.42. The third-order valence-corrected chi connectivity index (χ3v) is 9.08. The first-order valence-corrected chi connectivity index (χ1v) is 16.7. The molecule has 0 bridgehead atoms. The van der Waals surface area contributed by atoms with Crippen LogP contribution < -0.4 is 0 Å². The Bertz CT molecular complexity index is 2570. The van der Waals surface area contributed by atoms with Gasteiger partial charge in [-0.05, 0) is 30.2 Å². The van der Waals surface area contributed by atoms with Gasteiger partial charge in [0.25, 0.3) is 0 Å². The normalized spacial score (nSPS) is 11.3. The van der Waals surface area contributed by atoms with Gasteiger partial charge in [-0.1, -0.05) is 157 Å². The van der Waals surface area contributed by atoms with Gasteiger partial charge in [0.05, 0.1) is 22.3 Å². The van der Waals surface area contributed by atoms with Gasteiger partial charge >= 0.3 is 0 Å². The van der Waals surface area contributed by atoms with E-state index < -0.39 is 0 Å². The summed E-state index contributed by atoms with van der Waals surface area (Å²) in [4.78, 5) is 21.0. The summed E-state index contributed by atoms with van der Waals surface area (Å²) >= 11 is 0. The molecule has 3 aromatic heterocycles. The summed E-state index contributed by atoms with van der Waals surface area (Å²) in [5, 5.41) is 2.03. The summed E-state index contributed by atoms with van der Waals surface area (Å²) in [6.45, 7) is 2.13. The van der Waals surface area contributed by atoms with Crippen molar-refractivity contribution in [3.05, 3.63) is 175 Å². The SMILES string of the molecule is Cc1cccc(-c2ccc3c(c2)c2c(-c4ccccc4)nc(-c4ccccc4)nc2n3-c2cc(-c3ccccc3)nc(-c3ccccc3)n2)c1. The second kappa shape index (κ2) is 12.4. The Morgan fingerprint density at radius 3 is 1.62 bits per heavy atom. The van der Waals surface area contributed by atoms with Crippen LogP contribution in [-0.4, -0.2) is 24.5 Å². The predicted molar refractivity (Wildman–Crippen MR) is 204 cm³/mol. The van der Waals surface area contributed by atoms with E-state index >= 15 is 0 Å². The van der Waals surface area contributed by atoms with Gasteiger partial charge in [0.2, 0.25) is 0 Å². The van der Waals surface area contributed by atoms with Crippen molar-refractivity contribution in [1.82, 2.24) is 24.5 Å². The first-order valence-electron chi connectivity index (χ1n) is 16.7. The lowest BCUT2D eigenvalue weighted by Crippen LogP contribution is -2.04. The number of hydrogen-bond acceptors (Lipinski definition) is 4. The molecule has 50 heavy (non-hydrogen) atoms. The molecule has 0 N–H and O–H groups in total. The van der Waals surface area contributed by atoms with E-state index in [-0.39, 0.29) is 0 Å². The fourth-order valence-electron chi connectivity index (χ4n) is 6.68. The number of hydrogen-bond donors (Lipinski definition) is 0. The Labute approximate surface area is 290 Å². The number of rotatable bonds is 6. The van der Waals surface area contributed by atoms with Crippen molar-refractivity contribution in [2.75, 3.05) is 0 Å². The summed E-state index contributed by atoms with van der Waals surface area (Å²) in [5.41, 5.74) is 10.9. The molecular formula is C45H31N5. The van der Waals surface area contributed by atoms with Crippen LogP contribution in [-0.2, 0) is 0 Å². The molecule has 0 aliphatic carbocycles. The van der Waals surface area contributed by atoms with Crippen molar-refractivity contribution < 1.29 is 0 Å².